The number of benzene rings is 1. The first-order valence-electron chi connectivity index (χ1n) is 5.91. The van der Waals surface area contributed by atoms with E-state index in [9.17, 15) is 0 Å². The van der Waals surface area contributed by atoms with E-state index in [-0.39, 0.29) is 6.04 Å². The highest BCUT2D eigenvalue weighted by atomic mass is 32.1. The number of thiazole rings is 1. The number of hydrogen-bond donors (Lipinski definition) is 1. The van der Waals surface area contributed by atoms with Crippen molar-refractivity contribution in [3.63, 3.8) is 0 Å². The third-order valence-corrected chi connectivity index (χ3v) is 3.77. The molecule has 96 valence electrons. The molecule has 0 fully saturated rings. The number of nitrogens with zero attached hydrogens (tertiary/aromatic N) is 1. The molecule has 0 bridgehead atoms. The van der Waals surface area contributed by atoms with E-state index in [2.05, 4.69) is 16.4 Å². The predicted molar refractivity (Wildman–Crippen MR) is 75.2 cm³/mol. The second-order valence-electron chi connectivity index (χ2n) is 4.40. The van der Waals surface area contributed by atoms with Gasteiger partial charge in [0.05, 0.1) is 17.8 Å². The van der Waals surface area contributed by atoms with Crippen LogP contribution in [0.2, 0.25) is 0 Å². The molecule has 0 saturated heterocycles. The first-order valence-corrected chi connectivity index (χ1v) is 6.79. The van der Waals surface area contributed by atoms with Crippen molar-refractivity contribution in [2.24, 2.45) is 5.73 Å². The van der Waals surface area contributed by atoms with Gasteiger partial charge in [0.25, 0.3) is 0 Å². The Morgan fingerprint density at radius 3 is 2.72 bits per heavy atom. The van der Waals surface area contributed by atoms with Crippen LogP contribution >= 0.6 is 11.3 Å². The Bertz CT molecular complexity index is 536. The lowest BCUT2D eigenvalue weighted by Gasteiger charge is -2.13. The Kier molecular flexibility index (Phi) is 3.99. The number of ether oxygens (including phenoxy) is 1. The lowest BCUT2D eigenvalue weighted by atomic mass is 10.0. The molecule has 1 aromatic carbocycles. The molecule has 2 rings (SSSR count). The summed E-state index contributed by atoms with van der Waals surface area (Å²) in [6.07, 6.45) is 0.774. The fourth-order valence-corrected chi connectivity index (χ4v) is 2.60. The highest BCUT2D eigenvalue weighted by Gasteiger charge is 2.10. The van der Waals surface area contributed by atoms with Gasteiger partial charge >= 0.3 is 0 Å². The van der Waals surface area contributed by atoms with Gasteiger partial charge in [-0.25, -0.2) is 4.98 Å². The molecule has 0 spiro atoms. The molecule has 1 heterocycles. The number of hydrogen-bond acceptors (Lipinski definition) is 4. The molecule has 4 heteroatoms. The maximum atomic E-state index is 6.22. The van der Waals surface area contributed by atoms with E-state index in [1.165, 1.54) is 0 Å². The minimum atomic E-state index is -0.0175. The summed E-state index contributed by atoms with van der Waals surface area (Å²) in [4.78, 5) is 4.45. The summed E-state index contributed by atoms with van der Waals surface area (Å²) in [6.45, 7) is 4.04. The van der Waals surface area contributed by atoms with Gasteiger partial charge in [-0.1, -0.05) is 12.1 Å². The Labute approximate surface area is 112 Å². The molecule has 0 aliphatic heterocycles. The molecule has 18 heavy (non-hydrogen) atoms. The first-order chi connectivity index (χ1) is 8.60. The van der Waals surface area contributed by atoms with Gasteiger partial charge < -0.3 is 10.5 Å². The number of rotatable bonds is 4. The average molecular weight is 262 g/mol. The summed E-state index contributed by atoms with van der Waals surface area (Å²) < 4.78 is 5.25. The van der Waals surface area contributed by atoms with Crippen LogP contribution in [-0.4, -0.2) is 12.1 Å². The normalized spacial score (nSPS) is 12.4. The van der Waals surface area contributed by atoms with Crippen LogP contribution in [-0.2, 0) is 6.42 Å². The highest BCUT2D eigenvalue weighted by molar-refractivity contribution is 7.09. The molecular weight excluding hydrogens is 244 g/mol. The van der Waals surface area contributed by atoms with Crippen molar-refractivity contribution in [3.05, 3.63) is 45.4 Å². The summed E-state index contributed by atoms with van der Waals surface area (Å²) in [6, 6.07) is 6.06. The smallest absolute Gasteiger partial charge is 0.121 e. The van der Waals surface area contributed by atoms with Crippen LogP contribution in [0.4, 0.5) is 0 Å². The Morgan fingerprint density at radius 1 is 1.39 bits per heavy atom. The number of aromatic nitrogens is 1. The van der Waals surface area contributed by atoms with Crippen LogP contribution in [0.5, 0.6) is 5.75 Å². The lowest BCUT2D eigenvalue weighted by molar-refractivity contribution is 0.411. The maximum Gasteiger partial charge on any atom is 0.121 e. The number of aryl methyl sites for hydroxylation is 2. The fraction of sp³-hybridized carbons (Fsp3) is 0.357. The second kappa shape index (κ2) is 5.50. The molecule has 0 aliphatic rings. The molecule has 2 N–H and O–H groups in total. The Morgan fingerprint density at radius 2 is 2.17 bits per heavy atom. The summed E-state index contributed by atoms with van der Waals surface area (Å²) >= 11 is 1.66. The predicted octanol–water partition coefficient (Wildman–Crippen LogP) is 3.01. The molecular formula is C14H18N2OS. The zero-order chi connectivity index (χ0) is 13.1. The maximum absolute atomic E-state index is 6.22. The minimum absolute atomic E-state index is 0.0175. The van der Waals surface area contributed by atoms with E-state index in [0.29, 0.717) is 0 Å². The van der Waals surface area contributed by atoms with Gasteiger partial charge in [-0.15, -0.1) is 11.3 Å². The number of nitrogens with two attached hydrogens (primary N) is 1. The van der Waals surface area contributed by atoms with Gasteiger partial charge in [0, 0.05) is 17.8 Å². The summed E-state index contributed by atoms with van der Waals surface area (Å²) in [5.41, 5.74) is 9.52. The molecule has 1 atom stereocenters. The minimum Gasteiger partial charge on any atom is -0.496 e. The highest BCUT2D eigenvalue weighted by Crippen LogP contribution is 2.23. The quantitative estimate of drug-likeness (QED) is 0.921. The van der Waals surface area contributed by atoms with Crippen LogP contribution < -0.4 is 10.5 Å². The van der Waals surface area contributed by atoms with E-state index >= 15 is 0 Å². The van der Waals surface area contributed by atoms with E-state index in [1.54, 1.807) is 18.4 Å². The largest absolute Gasteiger partial charge is 0.496 e. The molecule has 0 aliphatic carbocycles. The second-order valence-corrected chi connectivity index (χ2v) is 5.46. The molecule has 0 amide bonds. The van der Waals surface area contributed by atoms with Gasteiger partial charge in [0.1, 0.15) is 5.75 Å². The zero-order valence-corrected chi connectivity index (χ0v) is 11.8. The van der Waals surface area contributed by atoms with E-state index in [1.807, 2.05) is 26.0 Å². The summed E-state index contributed by atoms with van der Waals surface area (Å²) in [7, 11) is 1.68. The van der Waals surface area contributed by atoms with Gasteiger partial charge in [0.15, 0.2) is 0 Å². The molecule has 2 aromatic rings. The first kappa shape index (κ1) is 13.1. The van der Waals surface area contributed by atoms with E-state index in [0.717, 1.165) is 34.0 Å². The molecule has 0 radical (unpaired) electrons. The van der Waals surface area contributed by atoms with Crippen molar-refractivity contribution in [2.75, 3.05) is 7.11 Å². The van der Waals surface area contributed by atoms with Crippen LogP contribution in [0, 0.1) is 13.8 Å². The van der Waals surface area contributed by atoms with Crippen LogP contribution in [0.3, 0.4) is 0 Å². The number of methoxy groups -OCH3 is 1. The Hall–Kier alpha value is -1.39. The van der Waals surface area contributed by atoms with Crippen molar-refractivity contribution in [1.29, 1.82) is 0 Å². The molecule has 1 unspecified atom stereocenters. The van der Waals surface area contributed by atoms with Crippen molar-refractivity contribution >= 4 is 11.3 Å². The third kappa shape index (κ3) is 2.89. The molecule has 1 aromatic heterocycles. The van der Waals surface area contributed by atoms with Gasteiger partial charge in [-0.05, 0) is 31.0 Å². The summed E-state index contributed by atoms with van der Waals surface area (Å²) in [5.74, 6) is 0.899. The topological polar surface area (TPSA) is 48.1 Å². The third-order valence-electron chi connectivity index (χ3n) is 2.94. The Balaban J connectivity index is 2.13. The van der Waals surface area contributed by atoms with Crippen molar-refractivity contribution in [1.82, 2.24) is 4.98 Å². The molecule has 3 nitrogen and oxygen atoms in total. The lowest BCUT2D eigenvalue weighted by Crippen LogP contribution is -2.13. The monoisotopic (exact) mass is 262 g/mol. The van der Waals surface area contributed by atoms with Crippen molar-refractivity contribution in [2.45, 2.75) is 26.3 Å². The van der Waals surface area contributed by atoms with Gasteiger partial charge in [0.2, 0.25) is 0 Å². The summed E-state index contributed by atoms with van der Waals surface area (Å²) in [5, 5.41) is 3.16. The van der Waals surface area contributed by atoms with Crippen molar-refractivity contribution < 1.29 is 4.74 Å². The van der Waals surface area contributed by atoms with Gasteiger partial charge in [-0.3, -0.25) is 0 Å². The van der Waals surface area contributed by atoms with Crippen LogP contribution in [0.15, 0.2) is 23.6 Å². The van der Waals surface area contributed by atoms with E-state index < -0.39 is 0 Å². The van der Waals surface area contributed by atoms with E-state index in [4.69, 9.17) is 10.5 Å². The average Bonchev–Trinajstić information content (AvgIpc) is 2.74. The van der Waals surface area contributed by atoms with Crippen LogP contribution in [0.25, 0.3) is 0 Å². The standard InChI is InChI=1S/C14H18N2OS/c1-9-6-11(4-5-14(9)17-3)13(15)7-12-8-18-10(2)16-12/h4-6,8,13H,7,15H2,1-3H3. The zero-order valence-electron chi connectivity index (χ0n) is 10.9. The van der Waals surface area contributed by atoms with Crippen LogP contribution in [0.1, 0.15) is 27.9 Å². The molecule has 0 saturated carbocycles. The van der Waals surface area contributed by atoms with Gasteiger partial charge in [-0.2, -0.15) is 0 Å². The fourth-order valence-electron chi connectivity index (χ4n) is 1.98. The SMILES string of the molecule is COc1ccc(C(N)Cc2csc(C)n2)cc1C. The van der Waals surface area contributed by atoms with Crippen molar-refractivity contribution in [3.8, 4) is 5.75 Å².